The molecule has 0 heterocycles. The lowest BCUT2D eigenvalue weighted by atomic mass is 9.79. The van der Waals surface area contributed by atoms with Crippen LogP contribution in [0, 0.1) is 5.92 Å². The van der Waals surface area contributed by atoms with Gasteiger partial charge in [-0.25, -0.2) is 8.78 Å². The molecule has 0 spiro atoms. The first-order chi connectivity index (χ1) is 4.49. The molecule has 3 heteroatoms. The third kappa shape index (κ3) is 2.19. The highest BCUT2D eigenvalue weighted by molar-refractivity contribution is 9.09. The van der Waals surface area contributed by atoms with E-state index in [-0.39, 0.29) is 18.8 Å². The van der Waals surface area contributed by atoms with Gasteiger partial charge in [-0.3, -0.25) is 0 Å². The van der Waals surface area contributed by atoms with E-state index in [1.54, 1.807) is 0 Å². The van der Waals surface area contributed by atoms with E-state index >= 15 is 0 Å². The largest absolute Gasteiger partial charge is 0.248 e. The van der Waals surface area contributed by atoms with Crippen LogP contribution in [0.15, 0.2) is 0 Å². The fraction of sp³-hybridized carbons (Fsp3) is 1.00. The summed E-state index contributed by atoms with van der Waals surface area (Å²) in [5.41, 5.74) is 0. The average molecular weight is 213 g/mol. The highest BCUT2D eigenvalue weighted by Crippen LogP contribution is 2.44. The van der Waals surface area contributed by atoms with Gasteiger partial charge >= 0.3 is 0 Å². The topological polar surface area (TPSA) is 0 Å². The van der Waals surface area contributed by atoms with E-state index in [0.717, 1.165) is 6.42 Å². The highest BCUT2D eigenvalue weighted by atomic mass is 79.9. The van der Waals surface area contributed by atoms with Crippen molar-refractivity contribution in [2.24, 2.45) is 5.92 Å². The third-order valence-electron chi connectivity index (χ3n) is 1.83. The number of halogens is 3. The zero-order valence-corrected chi connectivity index (χ0v) is 7.50. The summed E-state index contributed by atoms with van der Waals surface area (Å²) in [7, 11) is 0. The van der Waals surface area contributed by atoms with Crippen molar-refractivity contribution >= 4 is 15.9 Å². The van der Waals surface area contributed by atoms with Gasteiger partial charge in [0.15, 0.2) is 0 Å². The smallest absolute Gasteiger partial charge is 0.207 e. The Kier molecular flexibility index (Phi) is 2.33. The summed E-state index contributed by atoms with van der Waals surface area (Å²) >= 11 is 3.34. The molecule has 0 bridgehead atoms. The standard InChI is InChI=1S/C7H11BrF2/c1-5(8)2-6-3-7(9,10)4-6/h5-6H,2-4H2,1H3. The van der Waals surface area contributed by atoms with Crippen LogP contribution in [0.25, 0.3) is 0 Å². The highest BCUT2D eigenvalue weighted by Gasteiger charge is 2.44. The molecular formula is C7H11BrF2. The van der Waals surface area contributed by atoms with Crippen molar-refractivity contribution in [2.45, 2.75) is 36.9 Å². The van der Waals surface area contributed by atoms with Gasteiger partial charge in [-0.2, -0.15) is 0 Å². The molecule has 1 unspecified atom stereocenters. The second-order valence-corrected chi connectivity index (χ2v) is 4.71. The van der Waals surface area contributed by atoms with Crippen LogP contribution in [-0.4, -0.2) is 10.7 Å². The lowest BCUT2D eigenvalue weighted by Gasteiger charge is -2.35. The van der Waals surface area contributed by atoms with E-state index in [9.17, 15) is 8.78 Å². The zero-order chi connectivity index (χ0) is 7.78. The Labute approximate surface area is 68.1 Å². The summed E-state index contributed by atoms with van der Waals surface area (Å²) in [6.07, 6.45) is 1.08. The molecule has 1 atom stereocenters. The Morgan fingerprint density at radius 3 is 2.40 bits per heavy atom. The first kappa shape index (κ1) is 8.44. The van der Waals surface area contributed by atoms with Crippen molar-refractivity contribution in [1.29, 1.82) is 0 Å². The van der Waals surface area contributed by atoms with Gasteiger partial charge in [0.25, 0.3) is 0 Å². The van der Waals surface area contributed by atoms with Crippen LogP contribution in [0.2, 0.25) is 0 Å². The molecule has 0 aromatic rings. The van der Waals surface area contributed by atoms with Crippen LogP contribution < -0.4 is 0 Å². The zero-order valence-electron chi connectivity index (χ0n) is 5.91. The molecule has 10 heavy (non-hydrogen) atoms. The molecule has 1 aliphatic carbocycles. The summed E-state index contributed by atoms with van der Waals surface area (Å²) in [5, 5.41) is 0. The predicted octanol–water partition coefficient (Wildman–Crippen LogP) is 3.21. The van der Waals surface area contributed by atoms with Crippen molar-refractivity contribution in [2.75, 3.05) is 0 Å². The lowest BCUT2D eigenvalue weighted by Crippen LogP contribution is -2.36. The molecule has 0 saturated heterocycles. The Bertz CT molecular complexity index is 112. The quantitative estimate of drug-likeness (QED) is 0.618. The first-order valence-corrected chi connectivity index (χ1v) is 4.43. The van der Waals surface area contributed by atoms with Gasteiger partial charge in [0.2, 0.25) is 5.92 Å². The Morgan fingerprint density at radius 2 is 2.10 bits per heavy atom. The Morgan fingerprint density at radius 1 is 1.60 bits per heavy atom. The number of alkyl halides is 3. The van der Waals surface area contributed by atoms with E-state index in [2.05, 4.69) is 15.9 Å². The molecule has 0 amide bonds. The van der Waals surface area contributed by atoms with Gasteiger partial charge in [0.05, 0.1) is 0 Å². The average Bonchev–Trinajstić information content (AvgIpc) is 1.57. The van der Waals surface area contributed by atoms with Gasteiger partial charge in [0.1, 0.15) is 0 Å². The van der Waals surface area contributed by atoms with E-state index in [0.29, 0.717) is 4.83 Å². The van der Waals surface area contributed by atoms with Crippen LogP contribution in [0.1, 0.15) is 26.2 Å². The molecular weight excluding hydrogens is 202 g/mol. The second-order valence-electron chi connectivity index (χ2n) is 3.15. The van der Waals surface area contributed by atoms with Gasteiger partial charge in [-0.05, 0) is 12.3 Å². The van der Waals surface area contributed by atoms with Crippen LogP contribution in [0.5, 0.6) is 0 Å². The molecule has 1 saturated carbocycles. The molecule has 1 aliphatic rings. The normalized spacial score (nSPS) is 27.6. The fourth-order valence-electron chi connectivity index (χ4n) is 1.41. The van der Waals surface area contributed by atoms with Crippen LogP contribution in [0.3, 0.4) is 0 Å². The minimum atomic E-state index is -2.34. The summed E-state index contributed by atoms with van der Waals surface area (Å²) in [4.78, 5) is 0.383. The van der Waals surface area contributed by atoms with Gasteiger partial charge in [-0.15, -0.1) is 0 Å². The minimum Gasteiger partial charge on any atom is -0.207 e. The summed E-state index contributed by atoms with van der Waals surface area (Å²) in [6.45, 7) is 2.00. The van der Waals surface area contributed by atoms with Crippen LogP contribution in [-0.2, 0) is 0 Å². The molecule has 0 aromatic carbocycles. The Hall–Kier alpha value is 0.340. The molecule has 0 aliphatic heterocycles. The molecule has 0 radical (unpaired) electrons. The summed E-state index contributed by atoms with van der Waals surface area (Å²) in [6, 6.07) is 0. The molecule has 60 valence electrons. The van der Waals surface area contributed by atoms with Crippen molar-refractivity contribution < 1.29 is 8.78 Å². The predicted molar refractivity (Wildman–Crippen MR) is 40.7 cm³/mol. The maximum absolute atomic E-state index is 12.2. The summed E-state index contributed by atoms with van der Waals surface area (Å²) < 4.78 is 24.4. The lowest BCUT2D eigenvalue weighted by molar-refractivity contribution is -0.111. The van der Waals surface area contributed by atoms with Crippen LogP contribution >= 0.6 is 15.9 Å². The Balaban J connectivity index is 2.15. The third-order valence-corrected chi connectivity index (χ3v) is 2.21. The first-order valence-electron chi connectivity index (χ1n) is 3.51. The number of hydrogen-bond acceptors (Lipinski definition) is 0. The molecule has 0 N–H and O–H groups in total. The van der Waals surface area contributed by atoms with Crippen molar-refractivity contribution in [3.8, 4) is 0 Å². The SMILES string of the molecule is CC(Br)CC1CC(F)(F)C1. The van der Waals surface area contributed by atoms with Crippen molar-refractivity contribution in [3.63, 3.8) is 0 Å². The van der Waals surface area contributed by atoms with E-state index in [4.69, 9.17) is 0 Å². The van der Waals surface area contributed by atoms with E-state index < -0.39 is 5.92 Å². The molecule has 0 nitrogen and oxygen atoms in total. The minimum absolute atomic E-state index is 0.100. The van der Waals surface area contributed by atoms with Crippen molar-refractivity contribution in [3.05, 3.63) is 0 Å². The number of hydrogen-bond donors (Lipinski definition) is 0. The molecule has 0 aromatic heterocycles. The number of rotatable bonds is 2. The van der Waals surface area contributed by atoms with E-state index in [1.165, 1.54) is 0 Å². The second kappa shape index (κ2) is 2.76. The van der Waals surface area contributed by atoms with Crippen LogP contribution in [0.4, 0.5) is 8.78 Å². The maximum Gasteiger partial charge on any atom is 0.248 e. The fourth-order valence-corrected chi connectivity index (χ4v) is 1.94. The van der Waals surface area contributed by atoms with Crippen molar-refractivity contribution in [1.82, 2.24) is 0 Å². The van der Waals surface area contributed by atoms with Gasteiger partial charge in [-0.1, -0.05) is 22.9 Å². The van der Waals surface area contributed by atoms with E-state index in [1.807, 2.05) is 6.92 Å². The van der Waals surface area contributed by atoms with Gasteiger partial charge in [0, 0.05) is 17.7 Å². The monoisotopic (exact) mass is 212 g/mol. The van der Waals surface area contributed by atoms with Gasteiger partial charge < -0.3 is 0 Å². The molecule has 1 fully saturated rings. The summed E-state index contributed by atoms with van der Waals surface area (Å²) in [5.74, 6) is -2.09. The maximum atomic E-state index is 12.2. The molecule has 1 rings (SSSR count).